The molecule has 0 aromatic rings. The van der Waals surface area contributed by atoms with Crippen LogP contribution >= 0.6 is 0 Å². The van der Waals surface area contributed by atoms with Crippen molar-refractivity contribution in [2.75, 3.05) is 0 Å². The molecular weight excluding hydrogens is 190 g/mol. The lowest BCUT2D eigenvalue weighted by molar-refractivity contribution is 0.229. The molecule has 0 saturated heterocycles. The third-order valence-electron chi connectivity index (χ3n) is 5.34. The van der Waals surface area contributed by atoms with E-state index >= 15 is 0 Å². The van der Waals surface area contributed by atoms with Crippen LogP contribution in [0, 0.1) is 16.7 Å². The first kappa shape index (κ1) is 12.6. The third kappa shape index (κ3) is 1.97. The molecule has 2 rings (SSSR count). The van der Waals surface area contributed by atoms with E-state index in [2.05, 4.69) is 20.8 Å². The zero-order chi connectivity index (χ0) is 12.0. The normalized spacial score (nSPS) is 30.1. The summed E-state index contributed by atoms with van der Waals surface area (Å²) in [6.45, 7) is 6.52. The Morgan fingerprint density at radius 3 is 2.06 bits per heavy atom. The zero-order valence-corrected chi connectivity index (χ0v) is 11.2. The summed E-state index contributed by atoms with van der Waals surface area (Å²) in [5, 5.41) is -0.501. The molecule has 1 unspecified atom stereocenters. The minimum Gasteiger partial charge on any atom is -0.0916 e. The van der Waals surface area contributed by atoms with Gasteiger partial charge in [-0.15, -0.1) is 0 Å². The molecular formula is C14H24B2. The van der Waals surface area contributed by atoms with Crippen molar-refractivity contribution in [1.82, 2.24) is 0 Å². The van der Waals surface area contributed by atoms with Crippen molar-refractivity contribution in [3.63, 3.8) is 0 Å². The van der Waals surface area contributed by atoms with Gasteiger partial charge in [-0.3, -0.25) is 0 Å². The second-order valence-electron chi connectivity index (χ2n) is 7.33. The first-order valence-corrected chi connectivity index (χ1v) is 6.85. The smallest absolute Gasteiger partial charge is 0.0631 e. The first-order chi connectivity index (χ1) is 7.27. The van der Waals surface area contributed by atoms with Crippen molar-refractivity contribution in [2.45, 2.75) is 70.9 Å². The number of hydrogen-bond acceptors (Lipinski definition) is 0. The summed E-state index contributed by atoms with van der Waals surface area (Å²) in [7, 11) is 12.9. The van der Waals surface area contributed by atoms with Crippen molar-refractivity contribution in [1.29, 1.82) is 0 Å². The van der Waals surface area contributed by atoms with Crippen molar-refractivity contribution in [2.24, 2.45) is 16.7 Å². The van der Waals surface area contributed by atoms with E-state index in [9.17, 15) is 0 Å². The molecule has 1 atom stereocenters. The van der Waals surface area contributed by atoms with E-state index in [1.807, 2.05) is 0 Å². The van der Waals surface area contributed by atoms with Gasteiger partial charge in [-0.1, -0.05) is 51.2 Å². The fourth-order valence-corrected chi connectivity index (χ4v) is 3.81. The van der Waals surface area contributed by atoms with Gasteiger partial charge in [0, 0.05) is 0 Å². The topological polar surface area (TPSA) is 0 Å². The second kappa shape index (κ2) is 3.82. The Labute approximate surface area is 104 Å². The quantitative estimate of drug-likeness (QED) is 0.581. The molecule has 2 heteroatoms. The fourth-order valence-electron chi connectivity index (χ4n) is 3.81. The molecule has 2 aliphatic rings. The van der Waals surface area contributed by atoms with Gasteiger partial charge in [-0.25, -0.2) is 0 Å². The molecule has 0 heterocycles. The average Bonchev–Trinajstić information content (AvgIpc) is 2.75. The lowest BCUT2D eigenvalue weighted by Crippen LogP contribution is -2.36. The number of rotatable bonds is 1. The molecule has 16 heavy (non-hydrogen) atoms. The van der Waals surface area contributed by atoms with Gasteiger partial charge >= 0.3 is 0 Å². The maximum Gasteiger partial charge on any atom is 0.0631 e. The van der Waals surface area contributed by atoms with Crippen LogP contribution in [0.4, 0.5) is 0 Å². The van der Waals surface area contributed by atoms with Crippen LogP contribution in [0.2, 0.25) is 5.21 Å². The second-order valence-corrected chi connectivity index (χ2v) is 7.33. The predicted molar refractivity (Wildman–Crippen MR) is 71.9 cm³/mol. The van der Waals surface area contributed by atoms with Gasteiger partial charge in [0.25, 0.3) is 0 Å². The van der Waals surface area contributed by atoms with E-state index in [1.54, 1.807) is 0 Å². The molecule has 1 spiro atoms. The summed E-state index contributed by atoms with van der Waals surface area (Å²) in [6, 6.07) is 0. The maximum absolute atomic E-state index is 6.43. The molecule has 0 amide bonds. The van der Waals surface area contributed by atoms with Gasteiger partial charge in [0.2, 0.25) is 0 Å². The highest BCUT2D eigenvalue weighted by Crippen LogP contribution is 2.60. The Bertz CT molecular complexity index is 256. The molecule has 4 radical (unpaired) electrons. The molecule has 86 valence electrons. The van der Waals surface area contributed by atoms with Crippen LogP contribution in [0.1, 0.15) is 65.7 Å². The Balaban J connectivity index is 2.08. The molecule has 0 N–H and O–H groups in total. The van der Waals surface area contributed by atoms with Crippen molar-refractivity contribution in [3.8, 4) is 0 Å². The zero-order valence-electron chi connectivity index (χ0n) is 11.2. The lowest BCUT2D eigenvalue weighted by atomic mass is 9.38. The summed E-state index contributed by atoms with van der Waals surface area (Å²) < 4.78 is 0. The molecule has 0 aliphatic heterocycles. The minimum absolute atomic E-state index is 0.00179. The summed E-state index contributed by atoms with van der Waals surface area (Å²) >= 11 is 0. The van der Waals surface area contributed by atoms with E-state index in [-0.39, 0.29) is 5.41 Å². The van der Waals surface area contributed by atoms with E-state index < -0.39 is 5.21 Å². The molecule has 0 aromatic carbocycles. The standard InChI is InChI=1S/C14H24B2/c1-12(2,3)14(15,16)11-6-9-13(10-11)7-4-5-8-13/h11H,4-10H2,1-3H3. The van der Waals surface area contributed by atoms with Crippen molar-refractivity contribution in [3.05, 3.63) is 0 Å². The highest BCUT2D eigenvalue weighted by molar-refractivity contribution is 6.40. The molecule has 2 fully saturated rings. The van der Waals surface area contributed by atoms with Crippen LogP contribution in [0.5, 0.6) is 0 Å². The Morgan fingerprint density at radius 2 is 1.56 bits per heavy atom. The van der Waals surface area contributed by atoms with Gasteiger partial charge in [0.15, 0.2) is 0 Å². The SMILES string of the molecule is [B]C([B])(C1CCC2(CCCC2)C1)C(C)(C)C. The van der Waals surface area contributed by atoms with Crippen LogP contribution in [-0.4, -0.2) is 15.7 Å². The highest BCUT2D eigenvalue weighted by Gasteiger charge is 2.48. The van der Waals surface area contributed by atoms with Crippen LogP contribution in [0.25, 0.3) is 0 Å². The lowest BCUT2D eigenvalue weighted by Gasteiger charge is -2.46. The summed E-state index contributed by atoms with van der Waals surface area (Å²) in [6.07, 6.45) is 9.56. The Morgan fingerprint density at radius 1 is 1.00 bits per heavy atom. The summed E-state index contributed by atoms with van der Waals surface area (Å²) in [4.78, 5) is 0. The van der Waals surface area contributed by atoms with Crippen LogP contribution in [-0.2, 0) is 0 Å². The van der Waals surface area contributed by atoms with E-state index in [1.165, 1.54) is 44.9 Å². The average molecular weight is 214 g/mol. The van der Waals surface area contributed by atoms with Gasteiger partial charge < -0.3 is 0 Å². The molecule has 2 saturated carbocycles. The molecule has 2 aliphatic carbocycles. The summed E-state index contributed by atoms with van der Waals surface area (Å²) in [5.41, 5.74) is 0.627. The number of hydrogen-bond donors (Lipinski definition) is 0. The third-order valence-corrected chi connectivity index (χ3v) is 5.34. The Kier molecular flexibility index (Phi) is 3.00. The molecule has 0 aromatic heterocycles. The van der Waals surface area contributed by atoms with Gasteiger partial charge in [0.05, 0.1) is 15.7 Å². The Hall–Kier alpha value is 0.130. The van der Waals surface area contributed by atoms with E-state index in [0.717, 1.165) is 0 Å². The monoisotopic (exact) mass is 214 g/mol. The minimum atomic E-state index is -0.501. The first-order valence-electron chi connectivity index (χ1n) is 6.85. The maximum atomic E-state index is 6.43. The van der Waals surface area contributed by atoms with Crippen LogP contribution in [0.3, 0.4) is 0 Å². The molecule has 0 bridgehead atoms. The fraction of sp³-hybridized carbons (Fsp3) is 1.00. The van der Waals surface area contributed by atoms with Gasteiger partial charge in [-0.2, -0.15) is 0 Å². The molecule has 0 nitrogen and oxygen atoms in total. The predicted octanol–water partition coefficient (Wildman–Crippen LogP) is 3.85. The van der Waals surface area contributed by atoms with Gasteiger partial charge in [0.1, 0.15) is 0 Å². The largest absolute Gasteiger partial charge is 0.0916 e. The highest BCUT2D eigenvalue weighted by atomic mass is 14.5. The van der Waals surface area contributed by atoms with E-state index in [4.69, 9.17) is 15.7 Å². The van der Waals surface area contributed by atoms with Crippen molar-refractivity contribution < 1.29 is 0 Å². The van der Waals surface area contributed by atoms with Crippen LogP contribution in [0.15, 0.2) is 0 Å². The van der Waals surface area contributed by atoms with Crippen LogP contribution < -0.4 is 0 Å². The summed E-state index contributed by atoms with van der Waals surface area (Å²) in [5.74, 6) is 0.519. The van der Waals surface area contributed by atoms with Crippen molar-refractivity contribution >= 4 is 15.7 Å². The van der Waals surface area contributed by atoms with E-state index in [0.29, 0.717) is 11.3 Å². The van der Waals surface area contributed by atoms with Gasteiger partial charge in [-0.05, 0) is 36.5 Å².